The number of hydrogen-bond donors (Lipinski definition) is 4. The molecule has 0 saturated heterocycles. The van der Waals surface area contributed by atoms with Gasteiger partial charge in [0.1, 0.15) is 5.82 Å². The Hall–Kier alpha value is -3.07. The Balaban J connectivity index is 1.79. The molecular formula is C17H20ClN7O2. The van der Waals surface area contributed by atoms with Crippen LogP contribution in [0, 0.1) is 0 Å². The van der Waals surface area contributed by atoms with Gasteiger partial charge in [-0.05, 0) is 31.0 Å². The van der Waals surface area contributed by atoms with Crippen LogP contribution in [0.5, 0.6) is 0 Å². The Kier molecular flexibility index (Phi) is 5.31. The average molecular weight is 390 g/mol. The van der Waals surface area contributed by atoms with E-state index in [0.29, 0.717) is 34.2 Å². The first-order valence-electron chi connectivity index (χ1n) is 8.33. The summed E-state index contributed by atoms with van der Waals surface area (Å²) in [5.41, 5.74) is 12.2. The minimum atomic E-state index is -0.588. The third-order valence-corrected chi connectivity index (χ3v) is 4.28. The summed E-state index contributed by atoms with van der Waals surface area (Å²) in [6.07, 6.45) is 3.45. The molecule has 0 aliphatic heterocycles. The molecule has 2 amide bonds. The zero-order valence-corrected chi connectivity index (χ0v) is 15.5. The van der Waals surface area contributed by atoms with Gasteiger partial charge in [-0.25, -0.2) is 4.98 Å². The summed E-state index contributed by atoms with van der Waals surface area (Å²) in [6.45, 7) is 0.0559. The number of amides is 2. The number of primary amides is 2. The fourth-order valence-corrected chi connectivity index (χ4v) is 2.82. The minimum absolute atomic E-state index is 0.0559. The number of rotatable bonds is 8. The van der Waals surface area contributed by atoms with E-state index in [-0.39, 0.29) is 12.1 Å². The van der Waals surface area contributed by atoms with E-state index in [4.69, 9.17) is 23.1 Å². The molecule has 0 bridgehead atoms. The van der Waals surface area contributed by atoms with Crippen LogP contribution in [0.25, 0.3) is 0 Å². The number of nitrogens with zero attached hydrogens (tertiary/aromatic N) is 3. The van der Waals surface area contributed by atoms with Crippen LogP contribution in [-0.2, 0) is 4.79 Å². The van der Waals surface area contributed by atoms with Crippen LogP contribution in [0.3, 0.4) is 0 Å². The molecule has 1 saturated carbocycles. The van der Waals surface area contributed by atoms with Crippen LogP contribution in [-0.4, -0.2) is 41.4 Å². The van der Waals surface area contributed by atoms with E-state index >= 15 is 0 Å². The molecule has 1 fully saturated rings. The molecule has 3 rings (SSSR count). The van der Waals surface area contributed by atoms with Gasteiger partial charge in [-0.1, -0.05) is 11.6 Å². The first kappa shape index (κ1) is 18.7. The van der Waals surface area contributed by atoms with E-state index < -0.39 is 11.8 Å². The minimum Gasteiger partial charge on any atom is -0.368 e. The molecule has 6 N–H and O–H groups in total. The number of carbonyl (C=O) groups is 2. The largest absolute Gasteiger partial charge is 0.368 e. The maximum absolute atomic E-state index is 11.5. The molecule has 1 aliphatic rings. The van der Waals surface area contributed by atoms with Crippen molar-refractivity contribution >= 4 is 46.6 Å². The van der Waals surface area contributed by atoms with Crippen molar-refractivity contribution in [1.82, 2.24) is 9.97 Å². The van der Waals surface area contributed by atoms with Crippen molar-refractivity contribution < 1.29 is 9.59 Å². The van der Waals surface area contributed by atoms with Crippen molar-refractivity contribution in [3.05, 3.63) is 35.0 Å². The lowest BCUT2D eigenvalue weighted by Gasteiger charge is -2.19. The van der Waals surface area contributed by atoms with E-state index in [2.05, 4.69) is 20.6 Å². The van der Waals surface area contributed by atoms with Gasteiger partial charge in [0, 0.05) is 25.0 Å². The van der Waals surface area contributed by atoms with E-state index in [1.54, 1.807) is 30.1 Å². The highest BCUT2D eigenvalue weighted by atomic mass is 35.5. The molecule has 27 heavy (non-hydrogen) atoms. The molecule has 142 valence electrons. The first-order valence-corrected chi connectivity index (χ1v) is 8.70. The molecule has 0 atom stereocenters. The van der Waals surface area contributed by atoms with E-state index in [1.807, 2.05) is 0 Å². The molecule has 1 heterocycles. The molecule has 0 spiro atoms. The standard InChI is InChI=1S/C17H20ClN7O2/c1-25(8-14(19)26)13-5-4-10(6-12(13)18)23-17-21-7-11(15(20)27)16(24-17)22-9-2-3-9/h4-7,9H,2-3,8H2,1H3,(H2,19,26)(H2,20,27)(H2,21,22,23,24). The monoisotopic (exact) mass is 389 g/mol. The first-order chi connectivity index (χ1) is 12.8. The third kappa shape index (κ3) is 4.76. The summed E-state index contributed by atoms with van der Waals surface area (Å²) in [5, 5.41) is 6.66. The summed E-state index contributed by atoms with van der Waals surface area (Å²) in [6, 6.07) is 5.53. The van der Waals surface area contributed by atoms with E-state index in [1.165, 1.54) is 6.20 Å². The van der Waals surface area contributed by atoms with Crippen LogP contribution >= 0.6 is 11.6 Å². The van der Waals surface area contributed by atoms with Crippen LogP contribution in [0.1, 0.15) is 23.2 Å². The van der Waals surface area contributed by atoms with Gasteiger partial charge in [-0.3, -0.25) is 9.59 Å². The van der Waals surface area contributed by atoms with Crippen LogP contribution < -0.4 is 27.0 Å². The van der Waals surface area contributed by atoms with E-state index in [0.717, 1.165) is 12.8 Å². The molecule has 2 aromatic rings. The zero-order valence-electron chi connectivity index (χ0n) is 14.7. The van der Waals surface area contributed by atoms with Gasteiger partial charge in [0.25, 0.3) is 5.91 Å². The smallest absolute Gasteiger partial charge is 0.254 e. The van der Waals surface area contributed by atoms with Crippen molar-refractivity contribution in [2.45, 2.75) is 18.9 Å². The maximum atomic E-state index is 11.5. The fourth-order valence-electron chi connectivity index (χ4n) is 2.50. The number of hydrogen-bond acceptors (Lipinski definition) is 7. The lowest BCUT2D eigenvalue weighted by Crippen LogP contribution is -2.30. The Morgan fingerprint density at radius 1 is 1.33 bits per heavy atom. The van der Waals surface area contributed by atoms with Crippen molar-refractivity contribution in [3.63, 3.8) is 0 Å². The van der Waals surface area contributed by atoms with Gasteiger partial charge in [0.2, 0.25) is 11.9 Å². The summed E-state index contributed by atoms with van der Waals surface area (Å²) < 4.78 is 0. The van der Waals surface area contributed by atoms with Crippen molar-refractivity contribution in [2.75, 3.05) is 29.1 Å². The highest BCUT2D eigenvalue weighted by Gasteiger charge is 2.24. The number of likely N-dealkylation sites (N-methyl/N-ethyl adjacent to an activating group) is 1. The molecule has 10 heteroatoms. The van der Waals surface area contributed by atoms with Gasteiger partial charge in [0.15, 0.2) is 0 Å². The lowest BCUT2D eigenvalue weighted by atomic mass is 10.2. The van der Waals surface area contributed by atoms with E-state index in [9.17, 15) is 9.59 Å². The number of benzene rings is 1. The fraction of sp³-hybridized carbons (Fsp3) is 0.294. The summed E-state index contributed by atoms with van der Waals surface area (Å²) >= 11 is 6.30. The van der Waals surface area contributed by atoms with Crippen LogP contribution in [0.4, 0.5) is 23.1 Å². The molecule has 0 unspecified atom stereocenters. The Morgan fingerprint density at radius 3 is 2.67 bits per heavy atom. The summed E-state index contributed by atoms with van der Waals surface area (Å²) in [7, 11) is 1.72. The number of anilines is 4. The second-order valence-electron chi connectivity index (χ2n) is 6.35. The Bertz CT molecular complexity index is 886. The third-order valence-electron chi connectivity index (χ3n) is 3.98. The predicted octanol–water partition coefficient (Wildman–Crippen LogP) is 1.47. The molecule has 1 aliphatic carbocycles. The number of carbonyl (C=O) groups excluding carboxylic acids is 2. The van der Waals surface area contributed by atoms with Crippen molar-refractivity contribution in [2.24, 2.45) is 11.5 Å². The number of nitrogens with two attached hydrogens (primary N) is 2. The zero-order chi connectivity index (χ0) is 19.6. The highest BCUT2D eigenvalue weighted by molar-refractivity contribution is 6.33. The average Bonchev–Trinajstić information content (AvgIpc) is 3.38. The second-order valence-corrected chi connectivity index (χ2v) is 6.76. The predicted molar refractivity (Wildman–Crippen MR) is 104 cm³/mol. The molecular weight excluding hydrogens is 370 g/mol. The maximum Gasteiger partial charge on any atom is 0.254 e. The molecule has 9 nitrogen and oxygen atoms in total. The van der Waals surface area contributed by atoms with Crippen molar-refractivity contribution in [1.29, 1.82) is 0 Å². The van der Waals surface area contributed by atoms with Crippen LogP contribution in [0.15, 0.2) is 24.4 Å². The number of nitrogens with one attached hydrogen (secondary N) is 2. The summed E-state index contributed by atoms with van der Waals surface area (Å²) in [4.78, 5) is 32.7. The Labute approximate surface area is 161 Å². The van der Waals surface area contributed by atoms with Crippen LogP contribution in [0.2, 0.25) is 5.02 Å². The lowest BCUT2D eigenvalue weighted by molar-refractivity contribution is -0.116. The van der Waals surface area contributed by atoms with Gasteiger partial charge in [-0.2, -0.15) is 4.98 Å². The number of aromatic nitrogens is 2. The summed E-state index contributed by atoms with van der Waals surface area (Å²) in [5.74, 6) is -0.326. The number of halogens is 1. The Morgan fingerprint density at radius 2 is 2.07 bits per heavy atom. The molecule has 1 aromatic carbocycles. The SMILES string of the molecule is CN(CC(N)=O)c1ccc(Nc2ncc(C(N)=O)c(NC3CC3)n2)cc1Cl. The van der Waals surface area contributed by atoms with Gasteiger partial charge in [-0.15, -0.1) is 0 Å². The molecule has 1 aromatic heterocycles. The normalized spacial score (nSPS) is 13.1. The van der Waals surface area contributed by atoms with Gasteiger partial charge < -0.3 is 27.0 Å². The quantitative estimate of drug-likeness (QED) is 0.536. The topological polar surface area (TPSA) is 139 Å². The second kappa shape index (κ2) is 7.67. The molecule has 0 radical (unpaired) electrons. The highest BCUT2D eigenvalue weighted by Crippen LogP contribution is 2.30. The van der Waals surface area contributed by atoms with Gasteiger partial charge >= 0.3 is 0 Å². The van der Waals surface area contributed by atoms with Gasteiger partial charge in [0.05, 0.1) is 22.8 Å². The van der Waals surface area contributed by atoms with Crippen molar-refractivity contribution in [3.8, 4) is 0 Å².